The maximum atomic E-state index is 13.2. The summed E-state index contributed by atoms with van der Waals surface area (Å²) in [5.74, 6) is -0.395. The second-order valence-corrected chi connectivity index (χ2v) is 10.9. The van der Waals surface area contributed by atoms with Gasteiger partial charge in [-0.05, 0) is 62.7 Å². The normalized spacial score (nSPS) is 12.2. The number of nitrogens with one attached hydrogen (secondary N) is 1. The largest absolute Gasteiger partial charge is 0.350 e. The third kappa shape index (κ3) is 6.46. The van der Waals surface area contributed by atoms with Gasteiger partial charge in [-0.1, -0.05) is 45.2 Å². The first-order chi connectivity index (χ1) is 12.9. The second-order valence-electron chi connectivity index (χ2n) is 7.27. The van der Waals surface area contributed by atoms with Crippen molar-refractivity contribution in [2.24, 2.45) is 0 Å². The summed E-state index contributed by atoms with van der Waals surface area (Å²) in [6.45, 7) is 5.15. The van der Waals surface area contributed by atoms with Gasteiger partial charge in [-0.15, -0.1) is 0 Å². The lowest BCUT2D eigenvalue weighted by Crippen LogP contribution is -2.47. The van der Waals surface area contributed by atoms with Crippen LogP contribution >= 0.6 is 39.1 Å². The molecule has 0 bridgehead atoms. The SMILES string of the molecule is CC(C)(C)NC(=O)CN(Cc1ccc(Cl)c(Cl)c1)S(=O)(=O)c1ccc(Br)cc1. The summed E-state index contributed by atoms with van der Waals surface area (Å²) in [4.78, 5) is 12.5. The van der Waals surface area contributed by atoms with Crippen LogP contribution in [0.4, 0.5) is 0 Å². The minimum Gasteiger partial charge on any atom is -0.350 e. The van der Waals surface area contributed by atoms with Crippen LogP contribution in [-0.4, -0.2) is 30.7 Å². The highest BCUT2D eigenvalue weighted by Gasteiger charge is 2.28. The lowest BCUT2D eigenvalue weighted by Gasteiger charge is -2.25. The van der Waals surface area contributed by atoms with Crippen molar-refractivity contribution in [3.8, 4) is 0 Å². The standard InChI is InChI=1S/C19H21BrCl2N2O3S/c1-19(2,3)23-18(25)12-24(11-13-4-9-16(21)17(22)10-13)28(26,27)15-7-5-14(20)6-8-15/h4-10H,11-12H2,1-3H3,(H,23,25). The lowest BCUT2D eigenvalue weighted by molar-refractivity contribution is -0.122. The highest BCUT2D eigenvalue weighted by atomic mass is 79.9. The maximum absolute atomic E-state index is 13.2. The molecule has 0 saturated heterocycles. The van der Waals surface area contributed by atoms with E-state index in [9.17, 15) is 13.2 Å². The van der Waals surface area contributed by atoms with Gasteiger partial charge in [-0.3, -0.25) is 4.79 Å². The molecule has 28 heavy (non-hydrogen) atoms. The predicted octanol–water partition coefficient (Wildman–Crippen LogP) is 4.86. The fourth-order valence-corrected chi connectivity index (χ4v) is 4.41. The Hall–Kier alpha value is -1.12. The van der Waals surface area contributed by atoms with Crippen LogP contribution in [0.2, 0.25) is 10.0 Å². The number of carbonyl (C=O) groups excluding carboxylic acids is 1. The molecule has 0 aliphatic carbocycles. The van der Waals surface area contributed by atoms with Crippen molar-refractivity contribution in [2.45, 2.75) is 37.8 Å². The van der Waals surface area contributed by atoms with Crippen molar-refractivity contribution in [1.29, 1.82) is 0 Å². The van der Waals surface area contributed by atoms with Gasteiger partial charge in [0.25, 0.3) is 0 Å². The molecule has 0 spiro atoms. The lowest BCUT2D eigenvalue weighted by atomic mass is 10.1. The van der Waals surface area contributed by atoms with Gasteiger partial charge in [0.1, 0.15) is 0 Å². The van der Waals surface area contributed by atoms with Gasteiger partial charge in [-0.2, -0.15) is 4.31 Å². The Morgan fingerprint density at radius 1 is 1.07 bits per heavy atom. The Bertz CT molecular complexity index is 958. The van der Waals surface area contributed by atoms with Gasteiger partial charge in [0.15, 0.2) is 0 Å². The summed E-state index contributed by atoms with van der Waals surface area (Å²) in [6, 6.07) is 11.1. The zero-order valence-electron chi connectivity index (χ0n) is 15.7. The minimum atomic E-state index is -3.91. The van der Waals surface area contributed by atoms with Crippen LogP contribution in [0.25, 0.3) is 0 Å². The van der Waals surface area contributed by atoms with E-state index in [1.807, 2.05) is 20.8 Å². The second kappa shape index (κ2) is 9.13. The van der Waals surface area contributed by atoms with Crippen LogP contribution in [0.5, 0.6) is 0 Å². The van der Waals surface area contributed by atoms with Crippen molar-refractivity contribution in [3.05, 3.63) is 62.5 Å². The first kappa shape index (κ1) is 23.2. The number of hydrogen-bond donors (Lipinski definition) is 1. The highest BCUT2D eigenvalue weighted by Crippen LogP contribution is 2.25. The summed E-state index contributed by atoms with van der Waals surface area (Å²) in [6.07, 6.45) is 0. The minimum absolute atomic E-state index is 0.0210. The van der Waals surface area contributed by atoms with E-state index in [1.165, 1.54) is 12.1 Å². The van der Waals surface area contributed by atoms with Crippen molar-refractivity contribution in [3.63, 3.8) is 0 Å². The molecule has 0 heterocycles. The fraction of sp³-hybridized carbons (Fsp3) is 0.316. The van der Waals surface area contributed by atoms with Crippen LogP contribution in [0, 0.1) is 0 Å². The molecule has 2 aromatic rings. The van der Waals surface area contributed by atoms with E-state index in [2.05, 4.69) is 21.2 Å². The summed E-state index contributed by atoms with van der Waals surface area (Å²) < 4.78 is 28.2. The molecule has 0 saturated carbocycles. The van der Waals surface area contributed by atoms with Crippen molar-refractivity contribution < 1.29 is 13.2 Å². The summed E-state index contributed by atoms with van der Waals surface area (Å²) in [5.41, 5.74) is 0.145. The molecular formula is C19H21BrCl2N2O3S. The molecule has 0 fully saturated rings. The van der Waals surface area contributed by atoms with Gasteiger partial charge in [-0.25, -0.2) is 8.42 Å². The molecule has 152 valence electrons. The number of halogens is 3. The predicted molar refractivity (Wildman–Crippen MR) is 116 cm³/mol. The molecule has 9 heteroatoms. The third-order valence-electron chi connectivity index (χ3n) is 3.63. The molecule has 1 N–H and O–H groups in total. The van der Waals surface area contributed by atoms with E-state index < -0.39 is 21.5 Å². The molecule has 1 amide bonds. The Labute approximate surface area is 184 Å². The summed E-state index contributed by atoms with van der Waals surface area (Å²) in [7, 11) is -3.91. The zero-order valence-corrected chi connectivity index (χ0v) is 19.6. The molecular weight excluding hydrogens is 487 g/mol. The number of carbonyl (C=O) groups is 1. The number of hydrogen-bond acceptors (Lipinski definition) is 3. The maximum Gasteiger partial charge on any atom is 0.243 e. The summed E-state index contributed by atoms with van der Waals surface area (Å²) in [5, 5.41) is 3.48. The molecule has 0 aliphatic heterocycles. The zero-order chi connectivity index (χ0) is 21.1. The van der Waals surface area contributed by atoms with E-state index in [1.54, 1.807) is 30.3 Å². The molecule has 5 nitrogen and oxygen atoms in total. The Kier molecular flexibility index (Phi) is 7.56. The molecule has 2 rings (SSSR count). The number of sulfonamides is 1. The third-order valence-corrected chi connectivity index (χ3v) is 6.70. The van der Waals surface area contributed by atoms with E-state index in [0.717, 1.165) is 8.78 Å². The van der Waals surface area contributed by atoms with Gasteiger partial charge in [0, 0.05) is 16.6 Å². The van der Waals surface area contributed by atoms with Gasteiger partial charge in [0.2, 0.25) is 15.9 Å². The number of rotatable bonds is 6. The quantitative estimate of drug-likeness (QED) is 0.607. The monoisotopic (exact) mass is 506 g/mol. The van der Waals surface area contributed by atoms with Crippen molar-refractivity contribution in [1.82, 2.24) is 9.62 Å². The average molecular weight is 508 g/mol. The van der Waals surface area contributed by atoms with E-state index in [0.29, 0.717) is 15.6 Å². The average Bonchev–Trinajstić information content (AvgIpc) is 2.56. The molecule has 0 atom stereocenters. The Morgan fingerprint density at radius 3 is 2.21 bits per heavy atom. The van der Waals surface area contributed by atoms with E-state index in [-0.39, 0.29) is 18.0 Å². The first-order valence-corrected chi connectivity index (χ1v) is 11.4. The fourth-order valence-electron chi connectivity index (χ4n) is 2.44. The van der Waals surface area contributed by atoms with E-state index in [4.69, 9.17) is 23.2 Å². The molecule has 0 aromatic heterocycles. The number of amides is 1. The molecule has 0 unspecified atom stereocenters. The van der Waals surface area contributed by atoms with Gasteiger partial charge < -0.3 is 5.32 Å². The van der Waals surface area contributed by atoms with Crippen LogP contribution < -0.4 is 5.32 Å². The Balaban J connectivity index is 2.38. The van der Waals surface area contributed by atoms with Crippen LogP contribution in [0.15, 0.2) is 51.8 Å². The van der Waals surface area contributed by atoms with Crippen LogP contribution in [0.1, 0.15) is 26.3 Å². The van der Waals surface area contributed by atoms with Crippen LogP contribution in [-0.2, 0) is 21.4 Å². The van der Waals surface area contributed by atoms with Gasteiger partial charge in [0.05, 0.1) is 21.5 Å². The molecule has 0 radical (unpaired) electrons. The molecule has 0 aliphatic rings. The highest BCUT2D eigenvalue weighted by molar-refractivity contribution is 9.10. The summed E-state index contributed by atoms with van der Waals surface area (Å²) >= 11 is 15.3. The van der Waals surface area contributed by atoms with Crippen molar-refractivity contribution >= 4 is 55.1 Å². The first-order valence-electron chi connectivity index (χ1n) is 8.39. The van der Waals surface area contributed by atoms with Crippen molar-refractivity contribution in [2.75, 3.05) is 6.54 Å². The number of benzene rings is 2. The van der Waals surface area contributed by atoms with E-state index >= 15 is 0 Å². The Morgan fingerprint density at radius 2 is 1.68 bits per heavy atom. The smallest absolute Gasteiger partial charge is 0.243 e. The topological polar surface area (TPSA) is 66.5 Å². The van der Waals surface area contributed by atoms with Gasteiger partial charge >= 0.3 is 0 Å². The number of nitrogens with zero attached hydrogens (tertiary/aromatic N) is 1. The molecule has 2 aromatic carbocycles. The van der Waals surface area contributed by atoms with Crippen LogP contribution in [0.3, 0.4) is 0 Å².